The van der Waals surface area contributed by atoms with Gasteiger partial charge in [-0.15, -0.1) is 4.99 Å². The SMILES string of the molecule is CCC(=O)Nc1cc(S(=O)(=O)c2ccc(Cl)cc2)ccc1[N]C(=NC(=O)OC)NC(=O)OC. The molecule has 0 fully saturated rings. The van der Waals surface area contributed by atoms with E-state index in [1.807, 2.05) is 0 Å². The molecule has 0 aliphatic rings. The highest BCUT2D eigenvalue weighted by Crippen LogP contribution is 2.30. The summed E-state index contributed by atoms with van der Waals surface area (Å²) in [5.74, 6) is -0.936. The Labute approximate surface area is 195 Å². The van der Waals surface area contributed by atoms with Crippen molar-refractivity contribution in [1.82, 2.24) is 10.6 Å². The maximum Gasteiger partial charge on any atom is 0.436 e. The van der Waals surface area contributed by atoms with E-state index in [4.69, 9.17) is 11.6 Å². The lowest BCUT2D eigenvalue weighted by Crippen LogP contribution is -2.36. The maximum atomic E-state index is 13.0. The third-order valence-corrected chi connectivity index (χ3v) is 6.01. The molecule has 0 spiro atoms. The van der Waals surface area contributed by atoms with Crippen LogP contribution in [-0.4, -0.2) is 46.7 Å². The Morgan fingerprint density at radius 3 is 2.21 bits per heavy atom. The number of ether oxygens (including phenoxy) is 2. The van der Waals surface area contributed by atoms with E-state index in [0.29, 0.717) is 5.02 Å². The molecule has 0 aromatic heterocycles. The van der Waals surface area contributed by atoms with Crippen LogP contribution < -0.4 is 16.0 Å². The number of sulfone groups is 1. The minimum atomic E-state index is -3.96. The van der Waals surface area contributed by atoms with Crippen LogP contribution in [0.2, 0.25) is 5.02 Å². The molecule has 0 bridgehead atoms. The van der Waals surface area contributed by atoms with Gasteiger partial charge in [-0.1, -0.05) is 18.5 Å². The van der Waals surface area contributed by atoms with Gasteiger partial charge < -0.3 is 14.8 Å². The van der Waals surface area contributed by atoms with E-state index in [9.17, 15) is 22.8 Å². The molecule has 0 aliphatic carbocycles. The van der Waals surface area contributed by atoms with Gasteiger partial charge in [0.2, 0.25) is 21.7 Å². The number of halogens is 1. The molecule has 2 N–H and O–H groups in total. The second kappa shape index (κ2) is 11.3. The van der Waals surface area contributed by atoms with Crippen molar-refractivity contribution in [2.45, 2.75) is 23.1 Å². The van der Waals surface area contributed by atoms with Crippen LogP contribution in [0.5, 0.6) is 0 Å². The molecular weight excluding hydrogens is 476 g/mol. The summed E-state index contributed by atoms with van der Waals surface area (Å²) in [4.78, 5) is 38.5. The summed E-state index contributed by atoms with van der Waals surface area (Å²) >= 11 is 5.83. The number of benzene rings is 2. The highest BCUT2D eigenvalue weighted by molar-refractivity contribution is 7.91. The Kier molecular flexibility index (Phi) is 8.77. The van der Waals surface area contributed by atoms with Gasteiger partial charge in [-0.05, 0) is 42.5 Å². The average Bonchev–Trinajstić information content (AvgIpc) is 2.79. The van der Waals surface area contributed by atoms with Crippen LogP contribution in [0.25, 0.3) is 0 Å². The highest BCUT2D eigenvalue weighted by atomic mass is 35.5. The number of hydrogen-bond donors (Lipinski definition) is 2. The van der Waals surface area contributed by atoms with Crippen molar-refractivity contribution in [2.75, 3.05) is 19.5 Å². The Bertz CT molecular complexity index is 1180. The van der Waals surface area contributed by atoms with E-state index in [0.717, 1.165) is 14.2 Å². The van der Waals surface area contributed by atoms with Gasteiger partial charge in [0.05, 0.1) is 35.4 Å². The van der Waals surface area contributed by atoms with E-state index >= 15 is 0 Å². The molecule has 1 radical (unpaired) electrons. The molecule has 0 unspecified atom stereocenters. The third-order valence-electron chi connectivity index (χ3n) is 3.99. The zero-order chi connectivity index (χ0) is 24.6. The van der Waals surface area contributed by atoms with Crippen molar-refractivity contribution in [3.05, 3.63) is 47.5 Å². The van der Waals surface area contributed by atoms with Crippen molar-refractivity contribution in [3.63, 3.8) is 0 Å². The minimum absolute atomic E-state index is 0.00104. The normalized spacial score (nSPS) is 11.3. The Balaban J connectivity index is 2.52. The van der Waals surface area contributed by atoms with Crippen molar-refractivity contribution in [3.8, 4) is 0 Å². The minimum Gasteiger partial charge on any atom is -0.453 e. The van der Waals surface area contributed by atoms with Crippen LogP contribution in [0.3, 0.4) is 0 Å². The van der Waals surface area contributed by atoms with E-state index in [1.54, 1.807) is 6.92 Å². The lowest BCUT2D eigenvalue weighted by molar-refractivity contribution is -0.115. The molecule has 0 heterocycles. The van der Waals surface area contributed by atoms with Crippen LogP contribution in [0.4, 0.5) is 21.0 Å². The Hall–Kier alpha value is -3.64. The van der Waals surface area contributed by atoms with Gasteiger partial charge in [-0.25, -0.2) is 23.3 Å². The number of rotatable bonds is 5. The molecule has 0 saturated carbocycles. The van der Waals surface area contributed by atoms with Crippen molar-refractivity contribution in [1.29, 1.82) is 0 Å². The van der Waals surface area contributed by atoms with Crippen molar-refractivity contribution < 1.29 is 32.3 Å². The molecule has 11 nitrogen and oxygen atoms in total. The molecule has 0 aliphatic heterocycles. The van der Waals surface area contributed by atoms with Crippen LogP contribution in [-0.2, 0) is 24.1 Å². The topological polar surface area (TPSA) is 154 Å². The summed E-state index contributed by atoms with van der Waals surface area (Å²) in [5, 5.41) is 9.08. The van der Waals surface area contributed by atoms with Gasteiger partial charge in [0, 0.05) is 11.4 Å². The molecule has 33 heavy (non-hydrogen) atoms. The molecule has 0 atom stereocenters. The second-order valence-corrected chi connectivity index (χ2v) is 8.56. The first-order valence-corrected chi connectivity index (χ1v) is 11.1. The monoisotopic (exact) mass is 495 g/mol. The lowest BCUT2D eigenvalue weighted by atomic mass is 10.2. The van der Waals surface area contributed by atoms with E-state index < -0.39 is 33.9 Å². The van der Waals surface area contributed by atoms with Crippen LogP contribution in [0.1, 0.15) is 13.3 Å². The number of anilines is 1. The number of alkyl carbamates (subject to hydrolysis) is 1. The standard InChI is InChI=1S/C20H20ClN4O7S/c1-4-17(26)22-16-11-14(33(29,30)13-7-5-12(21)6-8-13)9-10-15(16)23-18(24-19(27)31-2)25-20(28)32-3/h5-11H,4H2,1-3H3,(H,22,26)(H,24,25,27,28). The number of nitrogens with zero attached hydrogens (tertiary/aromatic N) is 2. The largest absolute Gasteiger partial charge is 0.453 e. The van der Waals surface area contributed by atoms with Crippen LogP contribution in [0.15, 0.2) is 57.2 Å². The van der Waals surface area contributed by atoms with Gasteiger partial charge in [-0.3, -0.25) is 10.1 Å². The molecular formula is C20H20ClN4O7S. The second-order valence-electron chi connectivity index (χ2n) is 6.17. The summed E-state index contributed by atoms with van der Waals surface area (Å²) < 4.78 is 34.9. The highest BCUT2D eigenvalue weighted by Gasteiger charge is 2.21. The molecule has 3 amide bonds. The smallest absolute Gasteiger partial charge is 0.436 e. The van der Waals surface area contributed by atoms with Crippen LogP contribution >= 0.6 is 11.6 Å². The quantitative estimate of drug-likeness (QED) is 0.476. The van der Waals surface area contributed by atoms with E-state index in [-0.39, 0.29) is 27.6 Å². The lowest BCUT2D eigenvalue weighted by Gasteiger charge is -2.14. The first kappa shape index (κ1) is 25.6. The van der Waals surface area contributed by atoms with Gasteiger partial charge in [0.15, 0.2) is 0 Å². The number of amides is 3. The molecule has 2 rings (SSSR count). The summed E-state index contributed by atoms with van der Waals surface area (Å²) in [5.41, 5.74) is 0.00651. The summed E-state index contributed by atoms with van der Waals surface area (Å²) in [7, 11) is -1.79. The first-order valence-electron chi connectivity index (χ1n) is 9.28. The molecule has 13 heteroatoms. The third kappa shape index (κ3) is 6.92. The van der Waals surface area contributed by atoms with Gasteiger partial charge in [0.1, 0.15) is 0 Å². The zero-order valence-electron chi connectivity index (χ0n) is 17.8. The summed E-state index contributed by atoms with van der Waals surface area (Å²) in [6.07, 6.45) is -1.94. The predicted molar refractivity (Wildman–Crippen MR) is 119 cm³/mol. The fourth-order valence-electron chi connectivity index (χ4n) is 2.34. The fourth-order valence-corrected chi connectivity index (χ4v) is 3.75. The number of methoxy groups -OCH3 is 2. The number of nitrogens with one attached hydrogen (secondary N) is 2. The van der Waals surface area contributed by atoms with Crippen molar-refractivity contribution >= 4 is 56.9 Å². The molecule has 2 aromatic rings. The summed E-state index contributed by atoms with van der Waals surface area (Å²) in [6.45, 7) is 1.60. The number of guanidine groups is 1. The molecule has 2 aromatic carbocycles. The van der Waals surface area contributed by atoms with Gasteiger partial charge in [-0.2, -0.15) is 0 Å². The summed E-state index contributed by atoms with van der Waals surface area (Å²) in [6, 6.07) is 9.30. The van der Waals surface area contributed by atoms with Gasteiger partial charge >= 0.3 is 12.2 Å². The fraction of sp³-hybridized carbons (Fsp3) is 0.200. The predicted octanol–water partition coefficient (Wildman–Crippen LogP) is 3.24. The van der Waals surface area contributed by atoms with Crippen LogP contribution in [0, 0.1) is 0 Å². The van der Waals surface area contributed by atoms with Crippen molar-refractivity contribution in [2.24, 2.45) is 4.99 Å². The van der Waals surface area contributed by atoms with Gasteiger partial charge in [0.25, 0.3) is 0 Å². The van der Waals surface area contributed by atoms with E-state index in [1.165, 1.54) is 42.5 Å². The average molecular weight is 496 g/mol. The Morgan fingerprint density at radius 1 is 1.00 bits per heavy atom. The number of aliphatic imine (C=N–C) groups is 1. The Morgan fingerprint density at radius 2 is 1.64 bits per heavy atom. The number of carbonyl (C=O) groups is 3. The molecule has 0 saturated heterocycles. The zero-order valence-corrected chi connectivity index (χ0v) is 19.4. The van der Waals surface area contributed by atoms with E-state index in [2.05, 4.69) is 30.4 Å². The maximum absolute atomic E-state index is 13.0. The number of carbonyl (C=O) groups excluding carboxylic acids is 3. The first-order chi connectivity index (χ1) is 15.6. The number of hydrogen-bond acceptors (Lipinski definition) is 7. The molecule has 175 valence electrons.